The van der Waals surface area contributed by atoms with Crippen LogP contribution in [-0.4, -0.2) is 58.0 Å². The summed E-state index contributed by atoms with van der Waals surface area (Å²) in [5.74, 6) is 0. The van der Waals surface area contributed by atoms with Crippen LogP contribution in [0, 0.1) is 0 Å². The molecule has 1 nitrogen and oxygen atoms in total. The fourth-order valence-electron chi connectivity index (χ4n) is 0.352. The van der Waals surface area contributed by atoms with E-state index in [-0.39, 0.29) is 58.0 Å². The van der Waals surface area contributed by atoms with Gasteiger partial charge in [0.1, 0.15) is 0 Å². The van der Waals surface area contributed by atoms with E-state index in [0.717, 1.165) is 19.3 Å². The van der Waals surface area contributed by atoms with Gasteiger partial charge in [-0.15, -0.1) is 0 Å². The van der Waals surface area contributed by atoms with Crippen molar-refractivity contribution in [1.82, 2.24) is 0 Å². The van der Waals surface area contributed by atoms with Gasteiger partial charge >= 0.3 is 51.4 Å². The summed E-state index contributed by atoms with van der Waals surface area (Å²) in [5, 5.41) is 9.69. The van der Waals surface area contributed by atoms with Gasteiger partial charge in [0.05, 0.1) is 6.61 Å². The fourth-order valence-corrected chi connectivity index (χ4v) is 0.352. The van der Waals surface area contributed by atoms with E-state index in [9.17, 15) is 5.11 Å². The minimum atomic E-state index is 0. The molecule has 1 radical (unpaired) electrons. The molecule has 0 rings (SSSR count). The second-order valence-corrected chi connectivity index (χ2v) is 1.41. The summed E-state index contributed by atoms with van der Waals surface area (Å²) in [4.78, 5) is 0. The summed E-state index contributed by atoms with van der Waals surface area (Å²) < 4.78 is 0. The van der Waals surface area contributed by atoms with E-state index in [1.807, 2.05) is 0 Å². The molecule has 0 amide bonds. The van der Waals surface area contributed by atoms with Crippen LogP contribution >= 0.6 is 0 Å². The Morgan fingerprint density at radius 1 is 1.29 bits per heavy atom. The Kier molecular flexibility index (Phi) is 17.2. The third-order valence-electron chi connectivity index (χ3n) is 0.748. The average molecular weight is 127 g/mol. The Bertz CT molecular complexity index is 20.0. The van der Waals surface area contributed by atoms with Crippen LogP contribution in [0.25, 0.3) is 0 Å². The average Bonchev–Trinajstić information content (AvgIpc) is 1.61. The summed E-state index contributed by atoms with van der Waals surface area (Å²) >= 11 is 0. The van der Waals surface area contributed by atoms with Crippen molar-refractivity contribution in [3.8, 4) is 0 Å². The molecule has 0 aliphatic carbocycles. The van der Waals surface area contributed by atoms with Crippen molar-refractivity contribution in [1.29, 1.82) is 0 Å². The maximum absolute atomic E-state index is 9.69. The molecule has 0 heterocycles. The van der Waals surface area contributed by atoms with Gasteiger partial charge in [-0.05, 0) is 6.42 Å². The van der Waals surface area contributed by atoms with Crippen LogP contribution in [-0.2, 0) is 5.11 Å². The molecular formula is C5H12KO. The van der Waals surface area contributed by atoms with E-state index >= 15 is 0 Å². The first-order valence-electron chi connectivity index (χ1n) is 2.50. The Morgan fingerprint density at radius 3 is 2.00 bits per heavy atom. The third kappa shape index (κ3) is 11.3. The Hall–Kier alpha value is 1.60. The van der Waals surface area contributed by atoms with Gasteiger partial charge in [0.25, 0.3) is 0 Å². The molecule has 0 N–H and O–H groups in total. The van der Waals surface area contributed by atoms with E-state index in [1.165, 1.54) is 0 Å². The molecule has 0 aromatic rings. The number of rotatable bonds is 3. The molecule has 0 saturated carbocycles. The van der Waals surface area contributed by atoms with E-state index in [1.54, 1.807) is 0 Å². The quantitative estimate of drug-likeness (QED) is 0.397. The minimum absolute atomic E-state index is 0. The van der Waals surface area contributed by atoms with Crippen LogP contribution in [0.2, 0.25) is 0 Å². The van der Waals surface area contributed by atoms with Gasteiger partial charge in [-0.25, -0.2) is 5.11 Å². The van der Waals surface area contributed by atoms with Crippen molar-refractivity contribution in [2.24, 2.45) is 0 Å². The van der Waals surface area contributed by atoms with Gasteiger partial charge in [-0.3, -0.25) is 0 Å². The van der Waals surface area contributed by atoms with Gasteiger partial charge in [0, 0.05) is 0 Å². The van der Waals surface area contributed by atoms with Gasteiger partial charge in [-0.2, -0.15) is 0 Å². The van der Waals surface area contributed by atoms with E-state index in [4.69, 9.17) is 0 Å². The zero-order valence-electron chi connectivity index (χ0n) is 4.24. The van der Waals surface area contributed by atoms with Crippen LogP contribution in [0.1, 0.15) is 26.2 Å². The molecule has 0 spiro atoms. The van der Waals surface area contributed by atoms with Crippen molar-refractivity contribution in [3.63, 3.8) is 0 Å². The first-order chi connectivity index (χ1) is 2.91. The second kappa shape index (κ2) is 10.6. The molecule has 0 aromatic heterocycles. The van der Waals surface area contributed by atoms with Crippen LogP contribution in [0.3, 0.4) is 0 Å². The van der Waals surface area contributed by atoms with Crippen molar-refractivity contribution in [2.45, 2.75) is 26.2 Å². The number of hydrogen-bond acceptors (Lipinski definition) is 0. The van der Waals surface area contributed by atoms with Crippen LogP contribution in [0.15, 0.2) is 0 Å². The first kappa shape index (κ1) is 11.4. The fraction of sp³-hybridized carbons (Fsp3) is 1.00. The van der Waals surface area contributed by atoms with Crippen LogP contribution < -0.4 is 0 Å². The van der Waals surface area contributed by atoms with Gasteiger partial charge in [0.2, 0.25) is 0 Å². The van der Waals surface area contributed by atoms with Gasteiger partial charge in [0.15, 0.2) is 0 Å². The number of unbranched alkanes of at least 4 members (excludes halogenated alkanes) is 2. The normalized spacial score (nSPS) is 7.71. The molecule has 0 aliphatic heterocycles. The van der Waals surface area contributed by atoms with Crippen molar-refractivity contribution < 1.29 is 5.11 Å². The summed E-state index contributed by atoms with van der Waals surface area (Å²) in [6.45, 7) is 2.20. The molecule has 7 heavy (non-hydrogen) atoms. The molecule has 0 saturated heterocycles. The molecule has 39 valence electrons. The topological polar surface area (TPSA) is 19.9 Å². The van der Waals surface area contributed by atoms with Crippen LogP contribution in [0.4, 0.5) is 0 Å². The molecule has 0 aromatic carbocycles. The van der Waals surface area contributed by atoms with Crippen molar-refractivity contribution in [2.75, 3.05) is 6.61 Å². The molecule has 0 bridgehead atoms. The molecule has 0 unspecified atom stereocenters. The Balaban J connectivity index is 0. The van der Waals surface area contributed by atoms with Gasteiger partial charge in [-0.1, -0.05) is 19.8 Å². The molecule has 0 atom stereocenters. The Morgan fingerprint density at radius 2 is 1.86 bits per heavy atom. The van der Waals surface area contributed by atoms with Crippen molar-refractivity contribution >= 4 is 51.4 Å². The van der Waals surface area contributed by atoms with Crippen LogP contribution in [0.5, 0.6) is 0 Å². The predicted octanol–water partition coefficient (Wildman–Crippen LogP) is 0.959. The van der Waals surface area contributed by atoms with E-state index < -0.39 is 0 Å². The first-order valence-corrected chi connectivity index (χ1v) is 2.50. The molecular weight excluding hydrogens is 115 g/mol. The monoisotopic (exact) mass is 127 g/mol. The predicted molar refractivity (Wildman–Crippen MR) is 32.2 cm³/mol. The van der Waals surface area contributed by atoms with E-state index in [0.29, 0.717) is 0 Å². The molecule has 0 fully saturated rings. The zero-order valence-corrected chi connectivity index (χ0v) is 4.24. The van der Waals surface area contributed by atoms with Gasteiger partial charge < -0.3 is 0 Å². The molecule has 0 aliphatic rings. The molecule has 2 heteroatoms. The summed E-state index contributed by atoms with van der Waals surface area (Å²) in [7, 11) is 0. The zero-order chi connectivity index (χ0) is 4.83. The third-order valence-corrected chi connectivity index (χ3v) is 0.748. The summed E-state index contributed by atoms with van der Waals surface area (Å²) in [6.07, 6.45) is 3.11. The summed E-state index contributed by atoms with van der Waals surface area (Å²) in [6, 6.07) is 0. The second-order valence-electron chi connectivity index (χ2n) is 1.41. The SMILES string of the molecule is CCCCC[O].[KH]. The summed E-state index contributed by atoms with van der Waals surface area (Å²) in [5.41, 5.74) is 0. The number of hydrogen-bond donors (Lipinski definition) is 0. The maximum atomic E-state index is 9.69. The van der Waals surface area contributed by atoms with E-state index in [2.05, 4.69) is 6.92 Å². The van der Waals surface area contributed by atoms with Crippen molar-refractivity contribution in [3.05, 3.63) is 0 Å². The standard InChI is InChI=1S/C5H11O.K.H/c1-2-3-4-5-6;;/h2-5H2,1H3;;. The Labute approximate surface area is 87.9 Å².